The van der Waals surface area contributed by atoms with Gasteiger partial charge >= 0.3 is 0 Å². The first kappa shape index (κ1) is 8.04. The van der Waals surface area contributed by atoms with Gasteiger partial charge in [0, 0.05) is 25.1 Å². The van der Waals surface area contributed by atoms with Crippen molar-refractivity contribution in [3.05, 3.63) is 24.0 Å². The Labute approximate surface area is 76.2 Å². The molecule has 2 heterocycles. The molecule has 0 aliphatic carbocycles. The summed E-state index contributed by atoms with van der Waals surface area (Å²) in [5.41, 5.74) is 7.25. The van der Waals surface area contributed by atoms with Gasteiger partial charge in [0.15, 0.2) is 0 Å². The summed E-state index contributed by atoms with van der Waals surface area (Å²) < 4.78 is 0. The van der Waals surface area contributed by atoms with E-state index in [0.29, 0.717) is 18.7 Å². The van der Waals surface area contributed by atoms with E-state index in [-0.39, 0.29) is 11.8 Å². The SMILES string of the molecule is Nc1cccnc1C1CNC(=O)C1. The van der Waals surface area contributed by atoms with Crippen molar-refractivity contribution in [1.29, 1.82) is 0 Å². The van der Waals surface area contributed by atoms with Crippen molar-refractivity contribution in [2.24, 2.45) is 0 Å². The van der Waals surface area contributed by atoms with Crippen molar-refractivity contribution in [3.63, 3.8) is 0 Å². The number of carbonyl (C=O) groups is 1. The fourth-order valence-electron chi connectivity index (χ4n) is 1.57. The standard InChI is InChI=1S/C9H11N3O/c10-7-2-1-3-11-9(7)6-4-8(13)12-5-6/h1-3,6H,4-5,10H2,(H,12,13). The molecule has 2 rings (SSSR count). The minimum absolute atomic E-state index is 0.0788. The van der Waals surface area contributed by atoms with Crippen LogP contribution in [-0.4, -0.2) is 17.4 Å². The Bertz CT molecular complexity index is 337. The van der Waals surface area contributed by atoms with Crippen LogP contribution in [0, 0.1) is 0 Å². The van der Waals surface area contributed by atoms with E-state index in [1.807, 2.05) is 6.07 Å². The third kappa shape index (κ3) is 1.47. The molecule has 3 N–H and O–H groups in total. The van der Waals surface area contributed by atoms with Crippen molar-refractivity contribution in [3.8, 4) is 0 Å². The number of nitrogens with one attached hydrogen (secondary N) is 1. The van der Waals surface area contributed by atoms with Crippen LogP contribution in [0.4, 0.5) is 5.69 Å². The monoisotopic (exact) mass is 177 g/mol. The van der Waals surface area contributed by atoms with E-state index in [4.69, 9.17) is 5.73 Å². The average Bonchev–Trinajstić information content (AvgIpc) is 2.53. The van der Waals surface area contributed by atoms with Crippen LogP contribution in [0.15, 0.2) is 18.3 Å². The maximum Gasteiger partial charge on any atom is 0.220 e. The number of hydrogen-bond donors (Lipinski definition) is 2. The first-order valence-corrected chi connectivity index (χ1v) is 4.24. The molecule has 0 radical (unpaired) electrons. The molecule has 13 heavy (non-hydrogen) atoms. The third-order valence-corrected chi connectivity index (χ3v) is 2.24. The summed E-state index contributed by atoms with van der Waals surface area (Å²) in [6, 6.07) is 3.61. The van der Waals surface area contributed by atoms with E-state index >= 15 is 0 Å². The second kappa shape index (κ2) is 3.05. The predicted molar refractivity (Wildman–Crippen MR) is 49.0 cm³/mol. The van der Waals surface area contributed by atoms with Crippen molar-refractivity contribution in [1.82, 2.24) is 10.3 Å². The number of nitrogens with zero attached hydrogens (tertiary/aromatic N) is 1. The van der Waals surface area contributed by atoms with E-state index in [1.54, 1.807) is 12.3 Å². The van der Waals surface area contributed by atoms with Gasteiger partial charge in [-0.3, -0.25) is 9.78 Å². The molecule has 0 spiro atoms. The zero-order chi connectivity index (χ0) is 9.26. The minimum Gasteiger partial charge on any atom is -0.397 e. The van der Waals surface area contributed by atoms with Crippen molar-refractivity contribution < 1.29 is 4.79 Å². The highest BCUT2D eigenvalue weighted by Gasteiger charge is 2.25. The van der Waals surface area contributed by atoms with Gasteiger partial charge in [-0.2, -0.15) is 0 Å². The van der Waals surface area contributed by atoms with E-state index in [9.17, 15) is 4.79 Å². The summed E-state index contributed by atoms with van der Waals surface area (Å²) in [5, 5.41) is 2.76. The Kier molecular flexibility index (Phi) is 1.88. The van der Waals surface area contributed by atoms with Crippen LogP contribution < -0.4 is 11.1 Å². The Morgan fingerprint density at radius 2 is 2.46 bits per heavy atom. The molecule has 68 valence electrons. The van der Waals surface area contributed by atoms with Crippen LogP contribution in [0.2, 0.25) is 0 Å². The Hall–Kier alpha value is -1.58. The van der Waals surface area contributed by atoms with Gasteiger partial charge in [-0.05, 0) is 12.1 Å². The lowest BCUT2D eigenvalue weighted by atomic mass is 10.0. The molecule has 1 aliphatic heterocycles. The Balaban J connectivity index is 2.26. The zero-order valence-corrected chi connectivity index (χ0v) is 7.16. The van der Waals surface area contributed by atoms with Gasteiger partial charge in [0.25, 0.3) is 0 Å². The highest BCUT2D eigenvalue weighted by Crippen LogP contribution is 2.24. The van der Waals surface area contributed by atoms with Gasteiger partial charge in [0.2, 0.25) is 5.91 Å². The van der Waals surface area contributed by atoms with E-state index in [0.717, 1.165) is 5.69 Å². The molecule has 1 aromatic heterocycles. The number of rotatable bonds is 1. The van der Waals surface area contributed by atoms with Crippen molar-refractivity contribution >= 4 is 11.6 Å². The maximum absolute atomic E-state index is 11.0. The summed E-state index contributed by atoms with van der Waals surface area (Å²) in [6.45, 7) is 0.653. The number of anilines is 1. The number of nitrogen functional groups attached to an aromatic ring is 1. The van der Waals surface area contributed by atoms with E-state index < -0.39 is 0 Å². The number of amides is 1. The summed E-state index contributed by atoms with van der Waals surface area (Å²) in [4.78, 5) is 15.1. The molecule has 1 saturated heterocycles. The van der Waals surface area contributed by atoms with Crippen molar-refractivity contribution in [2.75, 3.05) is 12.3 Å². The van der Waals surface area contributed by atoms with E-state index in [1.165, 1.54) is 0 Å². The zero-order valence-electron chi connectivity index (χ0n) is 7.16. The molecular weight excluding hydrogens is 166 g/mol. The topological polar surface area (TPSA) is 68.0 Å². The van der Waals surface area contributed by atoms with Gasteiger partial charge in [-0.25, -0.2) is 0 Å². The molecule has 4 heteroatoms. The second-order valence-corrected chi connectivity index (χ2v) is 3.18. The quantitative estimate of drug-likeness (QED) is 0.646. The molecule has 1 unspecified atom stereocenters. The summed E-state index contributed by atoms with van der Waals surface area (Å²) in [7, 11) is 0. The smallest absolute Gasteiger partial charge is 0.220 e. The molecule has 4 nitrogen and oxygen atoms in total. The summed E-state index contributed by atoms with van der Waals surface area (Å²) in [6.07, 6.45) is 2.20. The van der Waals surface area contributed by atoms with Crippen LogP contribution in [0.1, 0.15) is 18.0 Å². The van der Waals surface area contributed by atoms with Crippen molar-refractivity contribution in [2.45, 2.75) is 12.3 Å². The van der Waals surface area contributed by atoms with Gasteiger partial charge in [0.1, 0.15) is 0 Å². The normalized spacial score (nSPS) is 21.5. The molecular formula is C9H11N3O. The molecule has 1 fully saturated rings. The highest BCUT2D eigenvalue weighted by molar-refractivity contribution is 5.79. The molecule has 1 atom stereocenters. The lowest BCUT2D eigenvalue weighted by molar-refractivity contribution is -0.119. The fourth-order valence-corrected chi connectivity index (χ4v) is 1.57. The minimum atomic E-state index is 0.0788. The molecule has 0 aromatic carbocycles. The molecule has 0 saturated carbocycles. The summed E-state index contributed by atoms with van der Waals surface area (Å²) >= 11 is 0. The number of nitrogens with two attached hydrogens (primary N) is 1. The number of hydrogen-bond acceptors (Lipinski definition) is 3. The van der Waals surface area contributed by atoms with Crippen LogP contribution in [-0.2, 0) is 4.79 Å². The molecule has 1 amide bonds. The lowest BCUT2D eigenvalue weighted by Crippen LogP contribution is -2.14. The maximum atomic E-state index is 11.0. The molecule has 1 aromatic rings. The lowest BCUT2D eigenvalue weighted by Gasteiger charge is -2.08. The first-order chi connectivity index (χ1) is 6.27. The van der Waals surface area contributed by atoms with Gasteiger partial charge in [0.05, 0.1) is 11.4 Å². The Morgan fingerprint density at radius 3 is 3.08 bits per heavy atom. The summed E-state index contributed by atoms with van der Waals surface area (Å²) in [5.74, 6) is 0.226. The molecule has 1 aliphatic rings. The van der Waals surface area contributed by atoms with Gasteiger partial charge in [-0.1, -0.05) is 0 Å². The predicted octanol–water partition coefficient (Wildman–Crippen LogP) is 0.267. The highest BCUT2D eigenvalue weighted by atomic mass is 16.1. The number of carbonyl (C=O) groups excluding carboxylic acids is 1. The Morgan fingerprint density at radius 1 is 1.62 bits per heavy atom. The number of pyridine rings is 1. The van der Waals surface area contributed by atoms with Crippen LogP contribution in [0.5, 0.6) is 0 Å². The van der Waals surface area contributed by atoms with Gasteiger partial charge < -0.3 is 11.1 Å². The largest absolute Gasteiger partial charge is 0.397 e. The molecule has 0 bridgehead atoms. The number of aromatic nitrogens is 1. The second-order valence-electron chi connectivity index (χ2n) is 3.18. The van der Waals surface area contributed by atoms with E-state index in [2.05, 4.69) is 10.3 Å². The fraction of sp³-hybridized carbons (Fsp3) is 0.333. The first-order valence-electron chi connectivity index (χ1n) is 4.24. The average molecular weight is 177 g/mol. The van der Waals surface area contributed by atoms with Crippen LogP contribution >= 0.6 is 0 Å². The van der Waals surface area contributed by atoms with Gasteiger partial charge in [-0.15, -0.1) is 0 Å². The van der Waals surface area contributed by atoms with Crippen LogP contribution in [0.25, 0.3) is 0 Å². The third-order valence-electron chi connectivity index (χ3n) is 2.24. The van der Waals surface area contributed by atoms with Crippen LogP contribution in [0.3, 0.4) is 0 Å².